The zero-order valence-corrected chi connectivity index (χ0v) is 18.7. The molecule has 9 heteroatoms. The lowest BCUT2D eigenvalue weighted by Crippen LogP contribution is -2.09. The maximum absolute atomic E-state index is 12.6. The molecule has 3 aromatic rings. The predicted molar refractivity (Wildman–Crippen MR) is 124 cm³/mol. The second-order valence-corrected chi connectivity index (χ2v) is 8.00. The van der Waals surface area contributed by atoms with Gasteiger partial charge in [0.15, 0.2) is 5.70 Å². The smallest absolute Gasteiger partial charge is 0.363 e. The monoisotopic (exact) mass is 506 g/mol. The molecule has 164 valence electrons. The number of hydrogen-bond donors (Lipinski definition) is 0. The summed E-state index contributed by atoms with van der Waals surface area (Å²) in [6.07, 6.45) is 1.45. The van der Waals surface area contributed by atoms with E-state index in [-0.39, 0.29) is 23.0 Å². The van der Waals surface area contributed by atoms with Crippen molar-refractivity contribution in [3.8, 4) is 5.75 Å². The van der Waals surface area contributed by atoms with Gasteiger partial charge in [0.05, 0.1) is 10.5 Å². The summed E-state index contributed by atoms with van der Waals surface area (Å²) in [5.74, 6) is -0.970. The molecular formula is C24H15BrN2O6. The van der Waals surface area contributed by atoms with Crippen LogP contribution in [0.3, 0.4) is 0 Å². The average molecular weight is 507 g/mol. The van der Waals surface area contributed by atoms with Crippen molar-refractivity contribution in [2.24, 2.45) is 4.99 Å². The fraction of sp³-hybridized carbons (Fsp3) is 0.0417. The first-order valence-corrected chi connectivity index (χ1v) is 10.5. The number of nitro groups is 1. The summed E-state index contributed by atoms with van der Waals surface area (Å²) in [5, 5.41) is 10.8. The molecule has 1 aliphatic rings. The lowest BCUT2D eigenvalue weighted by atomic mass is 10.1. The number of nitro benzene ring substituents is 1. The van der Waals surface area contributed by atoms with E-state index >= 15 is 0 Å². The van der Waals surface area contributed by atoms with Gasteiger partial charge in [0.2, 0.25) is 5.90 Å². The normalized spacial score (nSPS) is 14.1. The fourth-order valence-corrected chi connectivity index (χ4v) is 3.44. The molecule has 1 heterocycles. The zero-order valence-electron chi connectivity index (χ0n) is 17.2. The van der Waals surface area contributed by atoms with Crippen molar-refractivity contribution < 1.29 is 24.0 Å². The van der Waals surface area contributed by atoms with Gasteiger partial charge in [0.1, 0.15) is 5.75 Å². The van der Waals surface area contributed by atoms with E-state index in [9.17, 15) is 19.7 Å². The Hall–Kier alpha value is -4.11. The zero-order chi connectivity index (χ0) is 23.5. The Morgan fingerprint density at radius 2 is 1.88 bits per heavy atom. The fourth-order valence-electron chi connectivity index (χ4n) is 3.06. The number of carbonyl (C=O) groups is 2. The van der Waals surface area contributed by atoms with Gasteiger partial charge in [-0.25, -0.2) is 14.6 Å². The van der Waals surface area contributed by atoms with Crippen LogP contribution in [0.5, 0.6) is 5.75 Å². The van der Waals surface area contributed by atoms with E-state index in [1.165, 1.54) is 30.3 Å². The van der Waals surface area contributed by atoms with E-state index < -0.39 is 16.9 Å². The third-order valence-electron chi connectivity index (χ3n) is 4.67. The number of esters is 2. The highest BCUT2D eigenvalue weighted by atomic mass is 79.9. The number of benzene rings is 3. The van der Waals surface area contributed by atoms with Crippen molar-refractivity contribution in [3.63, 3.8) is 0 Å². The third kappa shape index (κ3) is 5.04. The minimum atomic E-state index is -0.695. The van der Waals surface area contributed by atoms with Gasteiger partial charge < -0.3 is 9.47 Å². The van der Waals surface area contributed by atoms with Crippen LogP contribution in [-0.4, -0.2) is 22.8 Å². The first-order chi connectivity index (χ1) is 15.8. The van der Waals surface area contributed by atoms with Crippen LogP contribution in [0.1, 0.15) is 27.0 Å². The second-order valence-electron chi connectivity index (χ2n) is 7.08. The van der Waals surface area contributed by atoms with Gasteiger partial charge in [0, 0.05) is 27.7 Å². The molecule has 0 bridgehead atoms. The molecule has 0 radical (unpaired) electrons. The van der Waals surface area contributed by atoms with Crippen LogP contribution in [-0.2, 0) is 9.53 Å². The molecule has 0 unspecified atom stereocenters. The number of nitrogens with zero attached hydrogens (tertiary/aromatic N) is 2. The molecule has 33 heavy (non-hydrogen) atoms. The standard InChI is InChI=1S/C24H15BrN2O6/c1-14-3-2-4-16(11-14)23(28)32-21-10-7-18(25)12-17(21)13-20-24(29)33-22(26-20)15-5-8-19(9-6-15)27(30)31/h2-13H,1H3/b20-13+. The summed E-state index contributed by atoms with van der Waals surface area (Å²) in [7, 11) is 0. The summed E-state index contributed by atoms with van der Waals surface area (Å²) in [4.78, 5) is 39.5. The van der Waals surface area contributed by atoms with E-state index in [0.29, 0.717) is 21.2 Å². The number of halogens is 1. The molecule has 3 aromatic carbocycles. The number of aliphatic imine (C=N–C) groups is 1. The number of rotatable bonds is 5. The minimum Gasteiger partial charge on any atom is -0.422 e. The summed E-state index contributed by atoms with van der Waals surface area (Å²) in [6, 6.07) is 17.5. The number of cyclic esters (lactones) is 1. The summed E-state index contributed by atoms with van der Waals surface area (Å²) >= 11 is 3.37. The van der Waals surface area contributed by atoms with Crippen LogP contribution < -0.4 is 4.74 Å². The van der Waals surface area contributed by atoms with Gasteiger partial charge in [-0.2, -0.15) is 0 Å². The molecule has 0 N–H and O–H groups in total. The van der Waals surface area contributed by atoms with Crippen LogP contribution >= 0.6 is 15.9 Å². The Morgan fingerprint density at radius 1 is 1.12 bits per heavy atom. The number of hydrogen-bond acceptors (Lipinski definition) is 7. The number of non-ortho nitro benzene ring substituents is 1. The van der Waals surface area contributed by atoms with E-state index in [1.54, 1.807) is 36.4 Å². The van der Waals surface area contributed by atoms with Crippen molar-refractivity contribution >= 4 is 45.5 Å². The lowest BCUT2D eigenvalue weighted by molar-refractivity contribution is -0.384. The Bertz CT molecular complexity index is 1350. The first-order valence-electron chi connectivity index (χ1n) is 9.66. The van der Waals surface area contributed by atoms with Crippen molar-refractivity contribution in [1.82, 2.24) is 0 Å². The van der Waals surface area contributed by atoms with Crippen molar-refractivity contribution in [2.45, 2.75) is 6.92 Å². The van der Waals surface area contributed by atoms with Gasteiger partial charge in [-0.05, 0) is 55.5 Å². The largest absolute Gasteiger partial charge is 0.422 e. The molecule has 0 atom stereocenters. The average Bonchev–Trinajstić information content (AvgIpc) is 3.15. The predicted octanol–water partition coefficient (Wildman–Crippen LogP) is 5.23. The molecule has 0 fully saturated rings. The van der Waals surface area contributed by atoms with Crippen LogP contribution in [0.15, 0.2) is 81.9 Å². The van der Waals surface area contributed by atoms with E-state index in [4.69, 9.17) is 9.47 Å². The Morgan fingerprint density at radius 3 is 2.58 bits per heavy atom. The van der Waals surface area contributed by atoms with E-state index in [0.717, 1.165) is 5.56 Å². The molecule has 0 saturated heterocycles. The number of carbonyl (C=O) groups excluding carboxylic acids is 2. The second kappa shape index (κ2) is 9.17. The van der Waals surface area contributed by atoms with Crippen molar-refractivity contribution in [3.05, 3.63) is 109 Å². The minimum absolute atomic E-state index is 0.00527. The first kappa shape index (κ1) is 22.1. The van der Waals surface area contributed by atoms with Gasteiger partial charge >= 0.3 is 11.9 Å². The van der Waals surface area contributed by atoms with Gasteiger partial charge in [-0.1, -0.05) is 33.6 Å². The van der Waals surface area contributed by atoms with Crippen LogP contribution in [0.4, 0.5) is 5.69 Å². The van der Waals surface area contributed by atoms with Crippen LogP contribution in [0.25, 0.3) is 6.08 Å². The molecule has 0 spiro atoms. The SMILES string of the molecule is Cc1cccc(C(=O)Oc2ccc(Br)cc2/C=C2/N=C(c3ccc([N+](=O)[O-])cc3)OC2=O)c1. The van der Waals surface area contributed by atoms with Crippen LogP contribution in [0.2, 0.25) is 0 Å². The topological polar surface area (TPSA) is 108 Å². The highest BCUT2D eigenvalue weighted by molar-refractivity contribution is 9.10. The summed E-state index contributed by atoms with van der Waals surface area (Å²) in [6.45, 7) is 1.87. The highest BCUT2D eigenvalue weighted by Crippen LogP contribution is 2.29. The molecular weight excluding hydrogens is 492 g/mol. The Labute approximate surface area is 196 Å². The molecule has 0 aromatic heterocycles. The Balaban J connectivity index is 1.64. The van der Waals surface area contributed by atoms with Crippen molar-refractivity contribution in [2.75, 3.05) is 0 Å². The third-order valence-corrected chi connectivity index (χ3v) is 5.16. The quantitative estimate of drug-likeness (QED) is 0.154. The van der Waals surface area contributed by atoms with Crippen LogP contribution in [0, 0.1) is 17.0 Å². The molecule has 0 aliphatic carbocycles. The highest BCUT2D eigenvalue weighted by Gasteiger charge is 2.25. The lowest BCUT2D eigenvalue weighted by Gasteiger charge is -2.09. The van der Waals surface area contributed by atoms with Crippen molar-refractivity contribution in [1.29, 1.82) is 0 Å². The van der Waals surface area contributed by atoms with E-state index in [2.05, 4.69) is 20.9 Å². The molecule has 1 aliphatic heterocycles. The Kier molecular flexibility index (Phi) is 6.14. The van der Waals surface area contributed by atoms with Gasteiger partial charge in [-0.3, -0.25) is 10.1 Å². The molecule has 0 saturated carbocycles. The molecule has 8 nitrogen and oxygen atoms in total. The van der Waals surface area contributed by atoms with E-state index in [1.807, 2.05) is 13.0 Å². The maximum atomic E-state index is 12.6. The maximum Gasteiger partial charge on any atom is 0.363 e. The number of ether oxygens (including phenoxy) is 2. The van der Waals surface area contributed by atoms with Gasteiger partial charge in [-0.15, -0.1) is 0 Å². The van der Waals surface area contributed by atoms with Gasteiger partial charge in [0.25, 0.3) is 5.69 Å². The summed E-state index contributed by atoms with van der Waals surface area (Å²) < 4.78 is 11.5. The molecule has 0 amide bonds. The summed E-state index contributed by atoms with van der Waals surface area (Å²) in [5.41, 5.74) is 2.08. The number of aryl methyl sites for hydroxylation is 1. The molecule has 4 rings (SSSR count).